The van der Waals surface area contributed by atoms with Gasteiger partial charge in [0.15, 0.2) is 5.96 Å². The number of ether oxygens (including phenoxy) is 1. The average Bonchev–Trinajstić information content (AvgIpc) is 2.69. The predicted molar refractivity (Wildman–Crippen MR) is 108 cm³/mol. The average molecular weight is 406 g/mol. The zero-order valence-corrected chi connectivity index (χ0v) is 16.7. The van der Waals surface area contributed by atoms with E-state index < -0.39 is 17.9 Å². The zero-order chi connectivity index (χ0) is 21.5. The molecular formula is C19H30N6O4. The van der Waals surface area contributed by atoms with Crippen molar-refractivity contribution in [3.8, 4) is 0 Å². The second-order valence-electron chi connectivity index (χ2n) is 6.34. The van der Waals surface area contributed by atoms with Crippen LogP contribution < -0.4 is 21.7 Å². The van der Waals surface area contributed by atoms with E-state index >= 15 is 0 Å². The van der Waals surface area contributed by atoms with Crippen molar-refractivity contribution in [3.63, 3.8) is 0 Å². The first-order chi connectivity index (χ1) is 13.9. The quantitative estimate of drug-likeness (QED) is 0.137. The summed E-state index contributed by atoms with van der Waals surface area (Å²) >= 11 is 0. The molecule has 0 aromatic carbocycles. The number of carbonyl (C=O) groups excluding carboxylic acids is 3. The van der Waals surface area contributed by atoms with E-state index in [1.54, 1.807) is 31.5 Å². The molecule has 0 aliphatic carbocycles. The van der Waals surface area contributed by atoms with E-state index in [4.69, 9.17) is 15.9 Å². The summed E-state index contributed by atoms with van der Waals surface area (Å²) in [5.41, 5.74) is 5.86. The number of carbonyl (C=O) groups is 3. The van der Waals surface area contributed by atoms with Gasteiger partial charge in [-0.1, -0.05) is 12.5 Å². The van der Waals surface area contributed by atoms with Crippen LogP contribution in [0.1, 0.15) is 50.6 Å². The SMILES string of the molecule is CCOC(=O)CC(NC(=O)CNC(=O)CCCCCNC(=N)N)c1cccnc1. The molecule has 6 N–H and O–H groups in total. The Morgan fingerprint density at radius 3 is 2.66 bits per heavy atom. The van der Waals surface area contributed by atoms with Gasteiger partial charge in [-0.3, -0.25) is 24.8 Å². The highest BCUT2D eigenvalue weighted by Gasteiger charge is 2.19. The monoisotopic (exact) mass is 406 g/mol. The highest BCUT2D eigenvalue weighted by molar-refractivity contribution is 5.85. The van der Waals surface area contributed by atoms with Gasteiger partial charge in [-0.25, -0.2) is 0 Å². The normalized spacial score (nSPS) is 11.2. The first kappa shape index (κ1) is 23.9. The maximum Gasteiger partial charge on any atom is 0.308 e. The molecule has 29 heavy (non-hydrogen) atoms. The van der Waals surface area contributed by atoms with Crippen LogP contribution in [-0.2, 0) is 19.1 Å². The smallest absolute Gasteiger partial charge is 0.308 e. The Bertz CT molecular complexity index is 668. The van der Waals surface area contributed by atoms with Crippen LogP contribution in [0.4, 0.5) is 0 Å². The first-order valence-electron chi connectivity index (χ1n) is 9.61. The molecule has 0 fully saturated rings. The van der Waals surface area contributed by atoms with Gasteiger partial charge < -0.3 is 26.4 Å². The third-order valence-corrected chi connectivity index (χ3v) is 3.94. The fourth-order valence-electron chi connectivity index (χ4n) is 2.54. The highest BCUT2D eigenvalue weighted by Crippen LogP contribution is 2.16. The number of nitrogens with two attached hydrogens (primary N) is 1. The van der Waals surface area contributed by atoms with E-state index in [-0.39, 0.29) is 31.4 Å². The van der Waals surface area contributed by atoms with Crippen LogP contribution >= 0.6 is 0 Å². The molecule has 2 amide bonds. The third kappa shape index (κ3) is 11.3. The van der Waals surface area contributed by atoms with Crippen molar-refractivity contribution < 1.29 is 19.1 Å². The van der Waals surface area contributed by atoms with Gasteiger partial charge in [0, 0.05) is 25.4 Å². The number of rotatable bonds is 13. The molecule has 160 valence electrons. The molecule has 0 aliphatic heterocycles. The fourth-order valence-corrected chi connectivity index (χ4v) is 2.54. The van der Waals surface area contributed by atoms with Gasteiger partial charge in [0.2, 0.25) is 11.8 Å². The lowest BCUT2D eigenvalue weighted by Gasteiger charge is -2.18. The third-order valence-electron chi connectivity index (χ3n) is 3.94. The molecule has 0 spiro atoms. The van der Waals surface area contributed by atoms with Gasteiger partial charge in [0.05, 0.1) is 25.6 Å². The van der Waals surface area contributed by atoms with E-state index in [9.17, 15) is 14.4 Å². The van der Waals surface area contributed by atoms with Crippen LogP contribution in [-0.4, -0.2) is 48.4 Å². The minimum atomic E-state index is -0.582. The van der Waals surface area contributed by atoms with Crippen LogP contribution in [0.2, 0.25) is 0 Å². The molecule has 0 aliphatic rings. The van der Waals surface area contributed by atoms with Gasteiger partial charge in [-0.15, -0.1) is 0 Å². The summed E-state index contributed by atoms with van der Waals surface area (Å²) in [6.45, 7) is 2.39. The first-order valence-corrected chi connectivity index (χ1v) is 9.61. The van der Waals surface area contributed by atoms with E-state index in [1.165, 1.54) is 0 Å². The molecule has 10 heteroatoms. The van der Waals surface area contributed by atoms with Crippen molar-refractivity contribution in [2.24, 2.45) is 5.73 Å². The maximum absolute atomic E-state index is 12.2. The van der Waals surface area contributed by atoms with Gasteiger partial charge in [-0.05, 0) is 31.4 Å². The Labute approximate surface area is 170 Å². The van der Waals surface area contributed by atoms with Crippen LogP contribution in [0, 0.1) is 5.41 Å². The number of hydrogen-bond donors (Lipinski definition) is 5. The second kappa shape index (κ2) is 13.9. The standard InChI is InChI=1S/C19H30N6O4/c1-2-29-18(28)11-15(14-7-6-9-22-12-14)25-17(27)13-24-16(26)8-4-3-5-10-23-19(20)21/h6-7,9,12,15H,2-5,8,10-11,13H2,1H3,(H,24,26)(H,25,27)(H4,20,21,23). The fraction of sp³-hybridized carbons (Fsp3) is 0.526. The molecule has 1 aromatic rings. The number of unbranched alkanes of at least 4 members (excludes halogenated alkanes) is 2. The van der Waals surface area contributed by atoms with E-state index in [0.717, 1.165) is 12.8 Å². The molecule has 10 nitrogen and oxygen atoms in total. The number of nitrogens with one attached hydrogen (secondary N) is 4. The number of aromatic nitrogens is 1. The molecule has 1 heterocycles. The molecule has 0 saturated carbocycles. The Hall–Kier alpha value is -3.17. The highest BCUT2D eigenvalue weighted by atomic mass is 16.5. The van der Waals surface area contributed by atoms with Crippen molar-refractivity contribution in [1.82, 2.24) is 20.9 Å². The molecular weight excluding hydrogens is 376 g/mol. The Kier molecular flexibility index (Phi) is 11.5. The molecule has 1 atom stereocenters. The van der Waals surface area contributed by atoms with Gasteiger partial charge in [-0.2, -0.15) is 0 Å². The molecule has 0 bridgehead atoms. The van der Waals surface area contributed by atoms with Crippen LogP contribution in [0.3, 0.4) is 0 Å². The summed E-state index contributed by atoms with van der Waals surface area (Å²) in [6.07, 6.45) is 5.74. The maximum atomic E-state index is 12.2. The summed E-state index contributed by atoms with van der Waals surface area (Å²) in [5.74, 6) is -1.11. The lowest BCUT2D eigenvalue weighted by Crippen LogP contribution is -2.39. The number of guanidine groups is 1. The zero-order valence-electron chi connectivity index (χ0n) is 16.7. The van der Waals surface area contributed by atoms with Crippen molar-refractivity contribution >= 4 is 23.7 Å². The summed E-state index contributed by atoms with van der Waals surface area (Å²) < 4.78 is 4.96. The van der Waals surface area contributed by atoms with Crippen molar-refractivity contribution in [3.05, 3.63) is 30.1 Å². The Morgan fingerprint density at radius 2 is 2.00 bits per heavy atom. The number of nitrogens with zero attached hydrogens (tertiary/aromatic N) is 1. The van der Waals surface area contributed by atoms with Gasteiger partial charge >= 0.3 is 5.97 Å². The summed E-state index contributed by atoms with van der Waals surface area (Å²) in [5, 5.41) is 15.0. The Morgan fingerprint density at radius 1 is 1.21 bits per heavy atom. The number of esters is 1. The summed E-state index contributed by atoms with van der Waals surface area (Å²) in [7, 11) is 0. The van der Waals surface area contributed by atoms with Crippen molar-refractivity contribution in [2.75, 3.05) is 19.7 Å². The Balaban J connectivity index is 2.37. The van der Waals surface area contributed by atoms with Gasteiger partial charge in [0.25, 0.3) is 0 Å². The van der Waals surface area contributed by atoms with E-state index in [0.29, 0.717) is 24.9 Å². The number of hydrogen-bond acceptors (Lipinski definition) is 6. The van der Waals surface area contributed by atoms with Crippen molar-refractivity contribution in [1.29, 1.82) is 5.41 Å². The van der Waals surface area contributed by atoms with E-state index in [1.807, 2.05) is 0 Å². The molecule has 1 aromatic heterocycles. The van der Waals surface area contributed by atoms with Crippen LogP contribution in [0.25, 0.3) is 0 Å². The van der Waals surface area contributed by atoms with E-state index in [2.05, 4.69) is 20.9 Å². The topological polar surface area (TPSA) is 159 Å². The van der Waals surface area contributed by atoms with Crippen LogP contribution in [0.5, 0.6) is 0 Å². The summed E-state index contributed by atoms with van der Waals surface area (Å²) in [4.78, 5) is 39.9. The lowest BCUT2D eigenvalue weighted by molar-refractivity contribution is -0.144. The minimum Gasteiger partial charge on any atom is -0.466 e. The molecule has 1 rings (SSSR count). The lowest BCUT2D eigenvalue weighted by atomic mass is 10.1. The molecule has 0 saturated heterocycles. The second-order valence-corrected chi connectivity index (χ2v) is 6.34. The minimum absolute atomic E-state index is 0.0203. The van der Waals surface area contributed by atoms with Crippen LogP contribution in [0.15, 0.2) is 24.5 Å². The molecule has 1 unspecified atom stereocenters. The summed E-state index contributed by atoms with van der Waals surface area (Å²) in [6, 6.07) is 2.89. The number of pyridine rings is 1. The predicted octanol–water partition coefficient (Wildman–Crippen LogP) is 0.352. The van der Waals surface area contributed by atoms with Gasteiger partial charge in [0.1, 0.15) is 0 Å². The number of amides is 2. The largest absolute Gasteiger partial charge is 0.466 e. The molecule has 0 radical (unpaired) electrons. The van der Waals surface area contributed by atoms with Crippen molar-refractivity contribution in [2.45, 2.75) is 45.1 Å².